The summed E-state index contributed by atoms with van der Waals surface area (Å²) in [6, 6.07) is 23.4. The lowest BCUT2D eigenvalue weighted by atomic mass is 10.1. The van der Waals surface area contributed by atoms with Crippen LogP contribution in [-0.2, 0) is 25.9 Å². The Morgan fingerprint density at radius 2 is 1.67 bits per heavy atom. The van der Waals surface area contributed by atoms with Gasteiger partial charge >= 0.3 is 5.97 Å². The lowest BCUT2D eigenvalue weighted by Gasteiger charge is -2.23. The van der Waals surface area contributed by atoms with Gasteiger partial charge in [-0.2, -0.15) is 0 Å². The van der Waals surface area contributed by atoms with Crippen molar-refractivity contribution in [3.63, 3.8) is 0 Å². The first kappa shape index (κ1) is 28.8. The number of benzene rings is 4. The zero-order valence-corrected chi connectivity index (χ0v) is 23.9. The maximum atomic E-state index is 13.8. The molecular formula is C31H25ClN2O7S. The van der Waals surface area contributed by atoms with E-state index in [-0.39, 0.29) is 46.4 Å². The molecule has 0 spiro atoms. The number of rotatable bonds is 8. The highest BCUT2D eigenvalue weighted by Gasteiger charge is 2.36. The molecule has 0 aliphatic carbocycles. The molecule has 0 radical (unpaired) electrons. The molecule has 0 aromatic heterocycles. The Balaban J connectivity index is 1.47. The normalized spacial score (nSPS) is 13.4. The maximum absolute atomic E-state index is 13.8. The Labute approximate surface area is 247 Å². The van der Waals surface area contributed by atoms with E-state index in [1.807, 2.05) is 0 Å². The largest absolute Gasteiger partial charge is 0.482 e. The van der Waals surface area contributed by atoms with Gasteiger partial charge in [-0.15, -0.1) is 0 Å². The number of fused-ring (bicyclic) bond motifs is 2. The summed E-state index contributed by atoms with van der Waals surface area (Å²) in [5.41, 5.74) is 1.36. The predicted octanol–water partition coefficient (Wildman–Crippen LogP) is 5.53. The van der Waals surface area contributed by atoms with Gasteiger partial charge in [0.25, 0.3) is 11.8 Å². The molecule has 1 N–H and O–H groups in total. The van der Waals surface area contributed by atoms with E-state index >= 15 is 0 Å². The molecule has 0 saturated carbocycles. The zero-order chi connectivity index (χ0) is 29.9. The van der Waals surface area contributed by atoms with Crippen LogP contribution in [-0.4, -0.2) is 39.4 Å². The van der Waals surface area contributed by atoms with Gasteiger partial charge in [0.05, 0.1) is 34.2 Å². The number of hydrogen-bond acceptors (Lipinski definition) is 7. The van der Waals surface area contributed by atoms with Crippen molar-refractivity contribution in [2.24, 2.45) is 0 Å². The fraction of sp³-hybridized carbons (Fsp3) is 0.129. The Kier molecular flexibility index (Phi) is 8.28. The van der Waals surface area contributed by atoms with E-state index in [9.17, 15) is 22.8 Å². The SMILES string of the molecule is CCOC(=O)COc1ccc(NC(=O)c2ccc3c(c2)N(Cc2cccc(Cl)c2)C(=O)c2ccccc2S3(=O)=O)cc1. The van der Waals surface area contributed by atoms with Crippen LogP contribution in [0.4, 0.5) is 11.4 Å². The third-order valence-electron chi connectivity index (χ3n) is 6.46. The number of carbonyl (C=O) groups is 3. The van der Waals surface area contributed by atoms with Gasteiger partial charge in [-0.25, -0.2) is 13.2 Å². The van der Waals surface area contributed by atoms with E-state index in [0.29, 0.717) is 22.0 Å². The third kappa shape index (κ3) is 6.00. The number of ether oxygens (including phenoxy) is 2. The minimum Gasteiger partial charge on any atom is -0.482 e. The van der Waals surface area contributed by atoms with Crippen molar-refractivity contribution < 1.29 is 32.3 Å². The van der Waals surface area contributed by atoms with Crippen LogP contribution in [0.25, 0.3) is 0 Å². The number of anilines is 2. The molecule has 42 heavy (non-hydrogen) atoms. The van der Waals surface area contributed by atoms with Gasteiger partial charge in [0.1, 0.15) is 5.75 Å². The summed E-state index contributed by atoms with van der Waals surface area (Å²) in [5, 5.41) is 3.22. The van der Waals surface area contributed by atoms with E-state index in [0.717, 1.165) is 0 Å². The number of amides is 2. The van der Waals surface area contributed by atoms with Crippen molar-refractivity contribution in [3.8, 4) is 5.75 Å². The predicted molar refractivity (Wildman–Crippen MR) is 157 cm³/mol. The quantitative estimate of drug-likeness (QED) is 0.263. The van der Waals surface area contributed by atoms with E-state index in [4.69, 9.17) is 21.1 Å². The van der Waals surface area contributed by atoms with Crippen LogP contribution in [0.15, 0.2) is 101 Å². The number of esters is 1. The zero-order valence-electron chi connectivity index (χ0n) is 22.4. The molecule has 4 aromatic rings. The Bertz CT molecular complexity index is 1790. The van der Waals surface area contributed by atoms with E-state index in [1.54, 1.807) is 67.6 Å². The average Bonchev–Trinajstić information content (AvgIpc) is 3.05. The topological polar surface area (TPSA) is 119 Å². The summed E-state index contributed by atoms with van der Waals surface area (Å²) in [7, 11) is -4.09. The maximum Gasteiger partial charge on any atom is 0.344 e. The molecule has 214 valence electrons. The molecule has 0 unspecified atom stereocenters. The molecule has 4 aromatic carbocycles. The summed E-state index contributed by atoms with van der Waals surface area (Å²) in [5.74, 6) is -1.13. The standard InChI is InChI=1S/C31H25ClN2O7S/c1-2-40-29(35)19-41-24-13-11-23(12-14-24)33-30(36)21-10-15-28-26(17-21)34(18-20-6-5-7-22(32)16-20)31(37)25-8-3-4-9-27(25)42(28,38)39/h3-17H,2,18-19H2,1H3,(H,33,36). The van der Waals surface area contributed by atoms with Crippen LogP contribution in [0.3, 0.4) is 0 Å². The molecule has 0 bridgehead atoms. The van der Waals surface area contributed by atoms with Gasteiger partial charge in [-0.1, -0.05) is 35.9 Å². The molecule has 1 aliphatic rings. The van der Waals surface area contributed by atoms with Gasteiger partial charge in [0.2, 0.25) is 9.84 Å². The molecule has 1 heterocycles. The molecule has 0 fully saturated rings. The smallest absolute Gasteiger partial charge is 0.344 e. The van der Waals surface area contributed by atoms with Gasteiger partial charge in [0.15, 0.2) is 6.61 Å². The molecule has 0 atom stereocenters. The third-order valence-corrected chi connectivity index (χ3v) is 8.55. The highest BCUT2D eigenvalue weighted by molar-refractivity contribution is 7.91. The average molecular weight is 605 g/mol. The fourth-order valence-corrected chi connectivity index (χ4v) is 6.35. The van der Waals surface area contributed by atoms with Crippen molar-refractivity contribution in [1.82, 2.24) is 0 Å². The van der Waals surface area contributed by atoms with Crippen LogP contribution < -0.4 is 15.0 Å². The molecule has 2 amide bonds. The second kappa shape index (κ2) is 12.1. The minimum absolute atomic E-state index is 0.0224. The highest BCUT2D eigenvalue weighted by atomic mass is 35.5. The Hall–Kier alpha value is -4.67. The van der Waals surface area contributed by atoms with Gasteiger partial charge in [-0.3, -0.25) is 9.59 Å². The summed E-state index contributed by atoms with van der Waals surface area (Å²) >= 11 is 6.17. The van der Waals surface area contributed by atoms with Crippen molar-refractivity contribution in [2.75, 3.05) is 23.4 Å². The number of sulfone groups is 1. The molecule has 9 nitrogen and oxygen atoms in total. The summed E-state index contributed by atoms with van der Waals surface area (Å²) < 4.78 is 37.6. The van der Waals surface area contributed by atoms with Crippen LogP contribution in [0, 0.1) is 0 Å². The molecule has 1 aliphatic heterocycles. The van der Waals surface area contributed by atoms with Crippen molar-refractivity contribution >= 4 is 50.6 Å². The number of carbonyl (C=O) groups excluding carboxylic acids is 3. The van der Waals surface area contributed by atoms with E-state index < -0.39 is 27.6 Å². The Morgan fingerprint density at radius 1 is 0.905 bits per heavy atom. The number of hydrogen-bond donors (Lipinski definition) is 1. The first-order valence-corrected chi connectivity index (χ1v) is 14.8. The van der Waals surface area contributed by atoms with Crippen LogP contribution in [0.2, 0.25) is 5.02 Å². The Morgan fingerprint density at radius 3 is 2.40 bits per heavy atom. The van der Waals surface area contributed by atoms with Crippen LogP contribution in [0.5, 0.6) is 5.75 Å². The van der Waals surface area contributed by atoms with E-state index in [2.05, 4.69) is 5.32 Å². The van der Waals surface area contributed by atoms with Crippen molar-refractivity contribution in [1.29, 1.82) is 0 Å². The number of nitrogens with one attached hydrogen (secondary N) is 1. The molecule has 5 rings (SSSR count). The second-order valence-corrected chi connectivity index (χ2v) is 11.6. The monoisotopic (exact) mass is 604 g/mol. The van der Waals surface area contributed by atoms with Crippen LogP contribution >= 0.6 is 11.6 Å². The van der Waals surface area contributed by atoms with Gasteiger partial charge in [0, 0.05) is 16.3 Å². The summed E-state index contributed by atoms with van der Waals surface area (Å²) in [4.78, 5) is 39.7. The first-order valence-electron chi connectivity index (χ1n) is 12.9. The first-order chi connectivity index (χ1) is 20.2. The molecule has 11 heteroatoms. The molecular weight excluding hydrogens is 580 g/mol. The number of nitrogens with zero attached hydrogens (tertiary/aromatic N) is 1. The number of halogens is 1. The van der Waals surface area contributed by atoms with Crippen molar-refractivity contribution in [2.45, 2.75) is 23.3 Å². The minimum atomic E-state index is -4.09. The van der Waals surface area contributed by atoms with Gasteiger partial charge in [-0.05, 0) is 79.2 Å². The van der Waals surface area contributed by atoms with E-state index in [1.165, 1.54) is 35.2 Å². The second-order valence-electron chi connectivity index (χ2n) is 9.28. The van der Waals surface area contributed by atoms with Crippen molar-refractivity contribution in [3.05, 3.63) is 113 Å². The lowest BCUT2D eigenvalue weighted by molar-refractivity contribution is -0.145. The molecule has 0 saturated heterocycles. The fourth-order valence-electron chi connectivity index (χ4n) is 4.51. The highest BCUT2D eigenvalue weighted by Crippen LogP contribution is 2.38. The van der Waals surface area contributed by atoms with Gasteiger partial charge < -0.3 is 19.7 Å². The lowest BCUT2D eigenvalue weighted by Crippen LogP contribution is -2.30. The summed E-state index contributed by atoms with van der Waals surface area (Å²) in [6.45, 7) is 1.73. The van der Waals surface area contributed by atoms with Crippen LogP contribution in [0.1, 0.15) is 33.2 Å². The summed E-state index contributed by atoms with van der Waals surface area (Å²) in [6.07, 6.45) is 0.